The smallest absolute Gasteiger partial charge is 0.0215 e. The van der Waals surface area contributed by atoms with Gasteiger partial charge in [-0.3, -0.25) is 0 Å². The van der Waals surface area contributed by atoms with Crippen LogP contribution in [-0.2, 0) is 6.54 Å². The number of benzene rings is 1. The monoisotopic (exact) mass is 283 g/mol. The summed E-state index contributed by atoms with van der Waals surface area (Å²) < 4.78 is 0. The minimum Gasteiger partial charge on any atom is -0.307 e. The summed E-state index contributed by atoms with van der Waals surface area (Å²) in [6.07, 6.45) is 8.94. The first-order valence-corrected chi connectivity index (χ1v) is 8.85. The van der Waals surface area contributed by atoms with Crippen molar-refractivity contribution in [3.05, 3.63) is 34.4 Å². The lowest BCUT2D eigenvalue weighted by molar-refractivity contribution is -0.0206. The van der Waals surface area contributed by atoms with Gasteiger partial charge in [-0.1, -0.05) is 17.7 Å². The van der Waals surface area contributed by atoms with Crippen LogP contribution in [0.15, 0.2) is 12.1 Å². The highest BCUT2D eigenvalue weighted by atomic mass is 15.0. The molecule has 1 nitrogen and oxygen atoms in total. The van der Waals surface area contributed by atoms with E-state index in [-0.39, 0.29) is 0 Å². The third-order valence-electron chi connectivity index (χ3n) is 6.52. The highest BCUT2D eigenvalue weighted by Crippen LogP contribution is 2.55. The lowest BCUT2D eigenvalue weighted by Crippen LogP contribution is -2.58. The number of aryl methyl sites for hydroxylation is 3. The quantitative estimate of drug-likeness (QED) is 0.850. The molecule has 0 unspecified atom stereocenters. The molecule has 4 aliphatic carbocycles. The van der Waals surface area contributed by atoms with Crippen molar-refractivity contribution in [2.45, 2.75) is 71.4 Å². The van der Waals surface area contributed by atoms with E-state index in [0.717, 1.165) is 24.3 Å². The van der Waals surface area contributed by atoms with E-state index < -0.39 is 0 Å². The Morgan fingerprint density at radius 3 is 1.86 bits per heavy atom. The molecule has 0 amide bonds. The minimum atomic E-state index is 0.485. The molecule has 0 atom stereocenters. The van der Waals surface area contributed by atoms with Crippen LogP contribution in [0.25, 0.3) is 0 Å². The van der Waals surface area contributed by atoms with Crippen LogP contribution in [0.1, 0.15) is 60.8 Å². The Morgan fingerprint density at radius 1 is 0.905 bits per heavy atom. The van der Waals surface area contributed by atoms with E-state index in [4.69, 9.17) is 0 Å². The summed E-state index contributed by atoms with van der Waals surface area (Å²) >= 11 is 0. The van der Waals surface area contributed by atoms with Crippen molar-refractivity contribution >= 4 is 0 Å². The van der Waals surface area contributed by atoms with E-state index in [1.807, 2.05) is 0 Å². The van der Waals surface area contributed by atoms with Gasteiger partial charge in [0.2, 0.25) is 0 Å². The van der Waals surface area contributed by atoms with E-state index >= 15 is 0 Å². The largest absolute Gasteiger partial charge is 0.307 e. The van der Waals surface area contributed by atoms with Crippen LogP contribution in [0.2, 0.25) is 0 Å². The maximum Gasteiger partial charge on any atom is 0.0215 e. The van der Waals surface area contributed by atoms with Gasteiger partial charge in [0.25, 0.3) is 0 Å². The van der Waals surface area contributed by atoms with E-state index in [1.165, 1.54) is 60.8 Å². The van der Waals surface area contributed by atoms with Gasteiger partial charge in [0.15, 0.2) is 0 Å². The molecule has 114 valence electrons. The molecule has 1 heteroatoms. The second-order valence-electron chi connectivity index (χ2n) is 8.43. The van der Waals surface area contributed by atoms with Crippen molar-refractivity contribution in [1.29, 1.82) is 0 Å². The summed E-state index contributed by atoms with van der Waals surface area (Å²) in [6, 6.07) is 4.67. The van der Waals surface area contributed by atoms with Gasteiger partial charge in [-0.25, -0.2) is 0 Å². The van der Waals surface area contributed by atoms with Crippen molar-refractivity contribution in [2.24, 2.45) is 17.8 Å². The Bertz CT molecular complexity index is 499. The van der Waals surface area contributed by atoms with E-state index in [1.54, 1.807) is 0 Å². The average molecular weight is 283 g/mol. The van der Waals surface area contributed by atoms with E-state index in [2.05, 4.69) is 38.2 Å². The summed E-state index contributed by atoms with van der Waals surface area (Å²) in [5.74, 6) is 3.09. The molecule has 0 spiro atoms. The third kappa shape index (κ3) is 2.44. The fourth-order valence-corrected chi connectivity index (χ4v) is 6.09. The Hall–Kier alpha value is -0.820. The van der Waals surface area contributed by atoms with Gasteiger partial charge in [-0.2, -0.15) is 0 Å². The molecule has 4 saturated carbocycles. The van der Waals surface area contributed by atoms with Crippen molar-refractivity contribution in [3.63, 3.8) is 0 Å². The van der Waals surface area contributed by atoms with Crippen LogP contribution >= 0.6 is 0 Å². The lowest BCUT2D eigenvalue weighted by Gasteiger charge is -2.57. The normalized spacial score (nSPS) is 37.2. The van der Waals surface area contributed by atoms with Crippen LogP contribution in [0.5, 0.6) is 0 Å². The Labute approximate surface area is 129 Å². The zero-order valence-corrected chi connectivity index (χ0v) is 13.8. The molecular weight excluding hydrogens is 254 g/mol. The van der Waals surface area contributed by atoms with Crippen LogP contribution in [0, 0.1) is 38.5 Å². The zero-order valence-electron chi connectivity index (χ0n) is 13.8. The number of rotatable bonds is 3. The molecule has 0 radical (unpaired) electrons. The SMILES string of the molecule is Cc1cc(C)c(CNC23CC4CC(CC(C4)C2)C3)c(C)c1. The highest BCUT2D eigenvalue weighted by Gasteiger charge is 2.50. The first-order chi connectivity index (χ1) is 10.0. The predicted octanol–water partition coefficient (Wildman–Crippen LogP) is 4.67. The lowest BCUT2D eigenvalue weighted by atomic mass is 9.53. The van der Waals surface area contributed by atoms with Gasteiger partial charge >= 0.3 is 0 Å². The van der Waals surface area contributed by atoms with Crippen molar-refractivity contribution in [3.8, 4) is 0 Å². The Balaban J connectivity index is 1.52. The maximum atomic E-state index is 4.04. The second-order valence-corrected chi connectivity index (χ2v) is 8.43. The van der Waals surface area contributed by atoms with Crippen LogP contribution in [0.3, 0.4) is 0 Å². The molecule has 1 aromatic rings. The number of hydrogen-bond acceptors (Lipinski definition) is 1. The average Bonchev–Trinajstić information content (AvgIpc) is 2.35. The third-order valence-corrected chi connectivity index (χ3v) is 6.52. The van der Waals surface area contributed by atoms with Gasteiger partial charge in [0.1, 0.15) is 0 Å². The fraction of sp³-hybridized carbons (Fsp3) is 0.700. The molecular formula is C20H29N. The molecule has 4 fully saturated rings. The van der Waals surface area contributed by atoms with Gasteiger partial charge in [0.05, 0.1) is 0 Å². The Kier molecular flexibility index (Phi) is 3.19. The summed E-state index contributed by atoms with van der Waals surface area (Å²) in [4.78, 5) is 0. The molecule has 1 N–H and O–H groups in total. The summed E-state index contributed by atoms with van der Waals surface area (Å²) in [5.41, 5.74) is 6.34. The molecule has 0 saturated heterocycles. The minimum absolute atomic E-state index is 0.485. The molecule has 4 bridgehead atoms. The molecule has 0 aliphatic heterocycles. The molecule has 5 rings (SSSR count). The first kappa shape index (κ1) is 13.8. The van der Waals surface area contributed by atoms with Gasteiger partial charge in [-0.05, 0) is 93.7 Å². The van der Waals surface area contributed by atoms with Crippen LogP contribution < -0.4 is 5.32 Å². The molecule has 0 heterocycles. The van der Waals surface area contributed by atoms with E-state index in [0.29, 0.717) is 5.54 Å². The van der Waals surface area contributed by atoms with Gasteiger partial charge < -0.3 is 5.32 Å². The Morgan fingerprint density at radius 2 is 1.38 bits per heavy atom. The number of hydrogen-bond donors (Lipinski definition) is 1. The molecule has 0 aromatic heterocycles. The molecule has 21 heavy (non-hydrogen) atoms. The van der Waals surface area contributed by atoms with Gasteiger partial charge in [-0.15, -0.1) is 0 Å². The topological polar surface area (TPSA) is 12.0 Å². The van der Waals surface area contributed by atoms with Gasteiger partial charge in [0, 0.05) is 12.1 Å². The highest BCUT2D eigenvalue weighted by molar-refractivity contribution is 5.37. The zero-order chi connectivity index (χ0) is 14.6. The summed E-state index contributed by atoms with van der Waals surface area (Å²) in [7, 11) is 0. The molecule has 4 aliphatic rings. The van der Waals surface area contributed by atoms with Crippen LogP contribution in [0.4, 0.5) is 0 Å². The molecule has 1 aromatic carbocycles. The fourth-order valence-electron chi connectivity index (χ4n) is 6.09. The maximum absolute atomic E-state index is 4.04. The standard InChI is InChI=1S/C20H29N/c1-13-4-14(2)19(15(3)5-13)12-21-20-9-16-6-17(10-20)8-18(7-16)11-20/h4-5,16-18,21H,6-12H2,1-3H3. The second kappa shape index (κ2) is 4.84. The van der Waals surface area contributed by atoms with Crippen molar-refractivity contribution in [2.75, 3.05) is 0 Å². The summed E-state index contributed by atoms with van der Waals surface area (Å²) in [6.45, 7) is 7.83. The van der Waals surface area contributed by atoms with Crippen LogP contribution in [-0.4, -0.2) is 5.54 Å². The first-order valence-electron chi connectivity index (χ1n) is 8.85. The van der Waals surface area contributed by atoms with Crippen molar-refractivity contribution < 1.29 is 0 Å². The summed E-state index contributed by atoms with van der Waals surface area (Å²) in [5, 5.41) is 4.04. The van der Waals surface area contributed by atoms with Crippen molar-refractivity contribution in [1.82, 2.24) is 5.32 Å². The number of nitrogens with one attached hydrogen (secondary N) is 1. The van der Waals surface area contributed by atoms with E-state index in [9.17, 15) is 0 Å². The predicted molar refractivity (Wildman–Crippen MR) is 88.4 cm³/mol.